The van der Waals surface area contributed by atoms with Gasteiger partial charge < -0.3 is 10.2 Å². The zero-order valence-electron chi connectivity index (χ0n) is 18.2. The molecule has 2 heteroatoms. The van der Waals surface area contributed by atoms with Crippen LogP contribution in [0.4, 0.5) is 0 Å². The van der Waals surface area contributed by atoms with Crippen LogP contribution in [-0.2, 0) is 0 Å². The summed E-state index contributed by atoms with van der Waals surface area (Å²) >= 11 is 0. The highest BCUT2D eigenvalue weighted by molar-refractivity contribution is 5.83. The van der Waals surface area contributed by atoms with Crippen molar-refractivity contribution in [2.45, 2.75) is 75.3 Å². The molecule has 0 unspecified atom stereocenters. The molecule has 1 atom stereocenters. The molecular weight excluding hydrogens is 320 g/mol. The van der Waals surface area contributed by atoms with Crippen LogP contribution >= 0.6 is 0 Å². The van der Waals surface area contributed by atoms with Gasteiger partial charge in [-0.15, -0.1) is 0 Å². The first-order chi connectivity index (χ1) is 11.7. The van der Waals surface area contributed by atoms with E-state index in [1.54, 1.807) is 6.07 Å². The van der Waals surface area contributed by atoms with Crippen LogP contribution in [0.2, 0.25) is 0 Å². The number of phenols is 1. The fourth-order valence-electron chi connectivity index (χ4n) is 5.02. The van der Waals surface area contributed by atoms with Gasteiger partial charge in [-0.3, -0.25) is 0 Å². The second-order valence-corrected chi connectivity index (χ2v) is 10.0. The van der Waals surface area contributed by atoms with Crippen LogP contribution in [0.25, 0.3) is 5.57 Å². The maximum absolute atomic E-state index is 11.8. The van der Waals surface area contributed by atoms with Crippen molar-refractivity contribution in [1.82, 2.24) is 0 Å². The number of aromatic hydroxyl groups is 1. The Kier molecular flexibility index (Phi) is 5.00. The summed E-state index contributed by atoms with van der Waals surface area (Å²) in [5.74, 6) is 0.243. The monoisotopic (exact) mass is 356 g/mol. The number of rotatable bonds is 1. The van der Waals surface area contributed by atoms with Crippen molar-refractivity contribution in [1.29, 1.82) is 0 Å². The molecule has 26 heavy (non-hydrogen) atoms. The lowest BCUT2D eigenvalue weighted by atomic mass is 9.48. The maximum atomic E-state index is 11.8. The number of aryl methyl sites for hydroxylation is 1. The van der Waals surface area contributed by atoms with Gasteiger partial charge in [-0.05, 0) is 66.9 Å². The van der Waals surface area contributed by atoms with Crippen LogP contribution in [0, 0.1) is 30.1 Å². The van der Waals surface area contributed by atoms with E-state index in [1.807, 2.05) is 19.9 Å². The first-order valence-electron chi connectivity index (χ1n) is 9.55. The number of aliphatic hydroxyl groups is 1. The molecule has 2 N–H and O–H groups in total. The minimum absolute atomic E-state index is 0.161. The molecule has 0 radical (unpaired) electrons. The Hall–Kier alpha value is -1.54. The van der Waals surface area contributed by atoms with Crippen molar-refractivity contribution in [3.63, 3.8) is 0 Å². The SMILES string of the molecule is CC1=CC(C(C)(C)C)(C(C)(C)C)[C@H](O)C(c2c(O)ccc(C)c2C)=C1C. The first kappa shape index (κ1) is 20.8. The molecule has 0 heterocycles. The van der Waals surface area contributed by atoms with Crippen molar-refractivity contribution in [2.75, 3.05) is 0 Å². The molecule has 2 nitrogen and oxygen atoms in total. The van der Waals surface area contributed by atoms with E-state index in [-0.39, 0.29) is 16.6 Å². The lowest BCUT2D eigenvalue weighted by molar-refractivity contribution is -0.0668. The Morgan fingerprint density at radius 1 is 0.885 bits per heavy atom. The van der Waals surface area contributed by atoms with Gasteiger partial charge in [0.2, 0.25) is 0 Å². The van der Waals surface area contributed by atoms with Gasteiger partial charge >= 0.3 is 0 Å². The second-order valence-electron chi connectivity index (χ2n) is 10.0. The zero-order valence-corrected chi connectivity index (χ0v) is 18.2. The van der Waals surface area contributed by atoms with Gasteiger partial charge in [-0.25, -0.2) is 0 Å². The summed E-state index contributed by atoms with van der Waals surface area (Å²) in [6.07, 6.45) is 1.58. The number of phenolic OH excluding ortho intramolecular Hbond substituents is 1. The minimum Gasteiger partial charge on any atom is -0.507 e. The summed E-state index contributed by atoms with van der Waals surface area (Å²) < 4.78 is 0. The fraction of sp³-hybridized carbons (Fsp3) is 0.583. The molecule has 0 spiro atoms. The first-order valence-corrected chi connectivity index (χ1v) is 9.55. The Bertz CT molecular complexity index is 766. The van der Waals surface area contributed by atoms with Crippen LogP contribution in [-0.4, -0.2) is 16.3 Å². The Morgan fingerprint density at radius 3 is 1.85 bits per heavy atom. The van der Waals surface area contributed by atoms with Crippen molar-refractivity contribution in [3.05, 3.63) is 46.0 Å². The molecule has 0 aliphatic heterocycles. The van der Waals surface area contributed by atoms with Crippen LogP contribution in [0.5, 0.6) is 5.75 Å². The van der Waals surface area contributed by atoms with Gasteiger partial charge in [0, 0.05) is 11.0 Å². The third-order valence-electron chi connectivity index (χ3n) is 6.61. The smallest absolute Gasteiger partial charge is 0.123 e. The van der Waals surface area contributed by atoms with E-state index >= 15 is 0 Å². The molecule has 2 rings (SSSR count). The van der Waals surface area contributed by atoms with E-state index in [9.17, 15) is 10.2 Å². The third kappa shape index (κ3) is 2.83. The number of allylic oxidation sites excluding steroid dienone is 2. The van der Waals surface area contributed by atoms with E-state index in [4.69, 9.17) is 0 Å². The second kappa shape index (κ2) is 6.27. The van der Waals surface area contributed by atoms with Crippen LogP contribution in [0.3, 0.4) is 0 Å². The highest BCUT2D eigenvalue weighted by atomic mass is 16.3. The lowest BCUT2D eigenvalue weighted by Gasteiger charge is -2.57. The molecule has 0 saturated carbocycles. The summed E-state index contributed by atoms with van der Waals surface area (Å²) in [4.78, 5) is 0. The van der Waals surface area contributed by atoms with Crippen molar-refractivity contribution >= 4 is 5.57 Å². The quantitative estimate of drug-likeness (QED) is 0.630. The van der Waals surface area contributed by atoms with Crippen LogP contribution < -0.4 is 0 Å². The summed E-state index contributed by atoms with van der Waals surface area (Å²) in [7, 11) is 0. The largest absolute Gasteiger partial charge is 0.507 e. The van der Waals surface area contributed by atoms with Crippen LogP contribution in [0.15, 0.2) is 29.4 Å². The molecule has 1 aromatic rings. The van der Waals surface area contributed by atoms with E-state index < -0.39 is 11.5 Å². The van der Waals surface area contributed by atoms with Crippen molar-refractivity contribution in [2.24, 2.45) is 16.2 Å². The fourth-order valence-corrected chi connectivity index (χ4v) is 5.02. The number of hydrogen-bond donors (Lipinski definition) is 2. The van der Waals surface area contributed by atoms with Gasteiger partial charge in [0.05, 0.1) is 6.10 Å². The van der Waals surface area contributed by atoms with E-state index in [0.717, 1.165) is 27.8 Å². The minimum atomic E-state index is -0.697. The highest BCUT2D eigenvalue weighted by Crippen LogP contribution is 2.61. The summed E-state index contributed by atoms with van der Waals surface area (Å²) in [6, 6.07) is 3.68. The van der Waals surface area contributed by atoms with Gasteiger partial charge in [-0.2, -0.15) is 0 Å². The van der Waals surface area contributed by atoms with E-state index in [2.05, 4.69) is 61.5 Å². The molecule has 0 saturated heterocycles. The third-order valence-corrected chi connectivity index (χ3v) is 6.61. The normalized spacial score (nSPS) is 21.0. The molecule has 0 aromatic heterocycles. The molecule has 0 amide bonds. The summed E-state index contributed by atoms with van der Waals surface area (Å²) in [5.41, 5.74) is 5.27. The lowest BCUT2D eigenvalue weighted by Crippen LogP contribution is -2.55. The van der Waals surface area contributed by atoms with Gasteiger partial charge in [0.25, 0.3) is 0 Å². The van der Waals surface area contributed by atoms with Gasteiger partial charge in [-0.1, -0.05) is 59.3 Å². The van der Waals surface area contributed by atoms with Gasteiger partial charge in [0.1, 0.15) is 5.75 Å². The topological polar surface area (TPSA) is 40.5 Å². The molecule has 1 aromatic carbocycles. The van der Waals surface area contributed by atoms with Gasteiger partial charge in [0.15, 0.2) is 0 Å². The summed E-state index contributed by atoms with van der Waals surface area (Å²) in [6.45, 7) is 21.5. The standard InChI is InChI=1S/C24H36O2/c1-14-11-12-18(25)19(16(14)3)20-17(4)15(2)13-24(21(20)26,22(5,6)7)23(8,9)10/h11-13,21,25-26H,1-10H3/t21-/m1/s1. The van der Waals surface area contributed by atoms with E-state index in [1.165, 1.54) is 5.57 Å². The number of hydrogen-bond acceptors (Lipinski definition) is 2. The molecular formula is C24H36O2. The number of aliphatic hydroxyl groups excluding tert-OH is 1. The molecule has 1 aliphatic rings. The summed E-state index contributed by atoms with van der Waals surface area (Å²) in [5, 5.41) is 22.5. The molecule has 1 aliphatic carbocycles. The van der Waals surface area contributed by atoms with Crippen molar-refractivity contribution < 1.29 is 10.2 Å². The van der Waals surface area contributed by atoms with Crippen molar-refractivity contribution in [3.8, 4) is 5.75 Å². The highest BCUT2D eigenvalue weighted by Gasteiger charge is 2.56. The Balaban J connectivity index is 2.92. The maximum Gasteiger partial charge on any atom is 0.123 e. The van der Waals surface area contributed by atoms with E-state index in [0.29, 0.717) is 0 Å². The predicted octanol–water partition coefficient (Wildman–Crippen LogP) is 6.18. The average molecular weight is 357 g/mol. The molecule has 0 bridgehead atoms. The predicted molar refractivity (Wildman–Crippen MR) is 111 cm³/mol. The Labute approximate surface area is 159 Å². The molecule has 144 valence electrons. The number of benzene rings is 1. The zero-order chi connectivity index (χ0) is 20.2. The Morgan fingerprint density at radius 2 is 1.38 bits per heavy atom. The molecule has 0 fully saturated rings. The average Bonchev–Trinajstić information content (AvgIpc) is 2.47. The van der Waals surface area contributed by atoms with Crippen LogP contribution in [0.1, 0.15) is 72.1 Å².